The topological polar surface area (TPSA) is 64.9 Å². The summed E-state index contributed by atoms with van der Waals surface area (Å²) in [5.41, 5.74) is 0.878. The molecule has 6 nitrogen and oxygen atoms in total. The molecule has 18 heavy (non-hydrogen) atoms. The Kier molecular flexibility index (Phi) is 3.88. The lowest BCUT2D eigenvalue weighted by atomic mass is 10.4. The fourth-order valence-corrected chi connectivity index (χ4v) is 1.44. The molecule has 0 radical (unpaired) electrons. The molecule has 0 unspecified atom stereocenters. The zero-order valence-corrected chi connectivity index (χ0v) is 10.8. The predicted molar refractivity (Wildman–Crippen MR) is 67.5 cm³/mol. The zero-order valence-electron chi connectivity index (χ0n) is 10.8. The van der Waals surface area contributed by atoms with Gasteiger partial charge in [-0.15, -0.1) is 0 Å². The molecule has 2 aromatic rings. The lowest BCUT2D eigenvalue weighted by Gasteiger charge is -2.04. The molecule has 2 aromatic heterocycles. The molecule has 1 N–H and O–H groups in total. The van der Waals surface area contributed by atoms with Gasteiger partial charge in [0.05, 0.1) is 30.5 Å². The quantitative estimate of drug-likeness (QED) is 0.872. The van der Waals surface area contributed by atoms with E-state index in [2.05, 4.69) is 34.2 Å². The van der Waals surface area contributed by atoms with Crippen LogP contribution in [0.2, 0.25) is 0 Å². The van der Waals surface area contributed by atoms with Crippen LogP contribution in [0.5, 0.6) is 11.6 Å². The van der Waals surface area contributed by atoms with Crippen molar-refractivity contribution in [2.75, 3.05) is 7.05 Å². The highest BCUT2D eigenvalue weighted by atomic mass is 16.5. The lowest BCUT2D eigenvalue weighted by Crippen LogP contribution is -2.07. The zero-order chi connectivity index (χ0) is 13.0. The van der Waals surface area contributed by atoms with Crippen molar-refractivity contribution in [3.8, 4) is 11.6 Å². The molecule has 2 rings (SSSR count). The van der Waals surface area contributed by atoms with Gasteiger partial charge < -0.3 is 10.1 Å². The molecule has 0 atom stereocenters. The molecule has 0 saturated heterocycles. The summed E-state index contributed by atoms with van der Waals surface area (Å²) in [7, 11) is 1.87. The van der Waals surface area contributed by atoms with E-state index in [0.717, 1.165) is 5.69 Å². The maximum absolute atomic E-state index is 5.56. The van der Waals surface area contributed by atoms with Crippen molar-refractivity contribution in [1.82, 2.24) is 25.1 Å². The monoisotopic (exact) mass is 247 g/mol. The second-order valence-electron chi connectivity index (χ2n) is 4.23. The average Bonchev–Trinajstić information content (AvgIpc) is 2.81. The summed E-state index contributed by atoms with van der Waals surface area (Å²) in [4.78, 5) is 8.41. The molecule has 0 aliphatic heterocycles. The number of rotatable bonds is 5. The first kappa shape index (κ1) is 12.5. The number of nitrogens with zero attached hydrogens (tertiary/aromatic N) is 4. The van der Waals surface area contributed by atoms with E-state index in [-0.39, 0.29) is 0 Å². The van der Waals surface area contributed by atoms with Crippen LogP contribution in [-0.2, 0) is 6.54 Å². The van der Waals surface area contributed by atoms with Crippen LogP contribution in [0, 0.1) is 0 Å². The Balaban J connectivity index is 2.03. The summed E-state index contributed by atoms with van der Waals surface area (Å²) in [6.45, 7) is 4.81. The van der Waals surface area contributed by atoms with Crippen LogP contribution in [0.3, 0.4) is 0 Å². The van der Waals surface area contributed by atoms with Gasteiger partial charge in [-0.3, -0.25) is 9.67 Å². The summed E-state index contributed by atoms with van der Waals surface area (Å²) in [5, 5.41) is 7.20. The van der Waals surface area contributed by atoms with E-state index in [4.69, 9.17) is 4.74 Å². The van der Waals surface area contributed by atoms with Crippen LogP contribution in [0.25, 0.3) is 0 Å². The third-order valence-corrected chi connectivity index (χ3v) is 2.37. The normalized spacial score (nSPS) is 10.9. The second-order valence-corrected chi connectivity index (χ2v) is 4.23. The molecule has 96 valence electrons. The van der Waals surface area contributed by atoms with Gasteiger partial charge in [0.25, 0.3) is 0 Å². The molecule has 0 aromatic carbocycles. The Labute approximate surface area is 106 Å². The minimum Gasteiger partial charge on any atom is -0.434 e. The predicted octanol–water partition coefficient (Wildman–Crippen LogP) is 1.77. The van der Waals surface area contributed by atoms with Crippen LogP contribution in [0.1, 0.15) is 25.6 Å². The summed E-state index contributed by atoms with van der Waals surface area (Å²) < 4.78 is 7.40. The first-order valence-corrected chi connectivity index (χ1v) is 5.86. The van der Waals surface area contributed by atoms with Gasteiger partial charge in [-0.25, -0.2) is 4.98 Å². The van der Waals surface area contributed by atoms with Crippen molar-refractivity contribution in [3.05, 3.63) is 30.5 Å². The van der Waals surface area contributed by atoms with E-state index in [1.54, 1.807) is 18.6 Å². The number of hydrogen-bond acceptors (Lipinski definition) is 5. The molecule has 0 saturated carbocycles. The Morgan fingerprint density at radius 2 is 2.11 bits per heavy atom. The molecule has 2 heterocycles. The van der Waals surface area contributed by atoms with Crippen molar-refractivity contribution in [2.45, 2.75) is 26.4 Å². The van der Waals surface area contributed by atoms with Gasteiger partial charge in [0.1, 0.15) is 0 Å². The smallest absolute Gasteiger partial charge is 0.238 e. The van der Waals surface area contributed by atoms with Crippen LogP contribution >= 0.6 is 0 Å². The number of nitrogens with one attached hydrogen (secondary N) is 1. The SMILES string of the molecule is CNCc1cnc(Oc2cnn(C(C)C)c2)cn1. The van der Waals surface area contributed by atoms with E-state index in [1.807, 2.05) is 17.9 Å². The van der Waals surface area contributed by atoms with Gasteiger partial charge in [0.2, 0.25) is 5.88 Å². The van der Waals surface area contributed by atoms with Crippen LogP contribution in [0.4, 0.5) is 0 Å². The number of hydrogen-bond donors (Lipinski definition) is 1. The maximum Gasteiger partial charge on any atom is 0.238 e. The van der Waals surface area contributed by atoms with Gasteiger partial charge in [-0.2, -0.15) is 5.10 Å². The maximum atomic E-state index is 5.56. The van der Waals surface area contributed by atoms with Crippen LogP contribution in [0.15, 0.2) is 24.8 Å². The molecule has 0 bridgehead atoms. The lowest BCUT2D eigenvalue weighted by molar-refractivity contribution is 0.455. The van der Waals surface area contributed by atoms with Crippen LogP contribution in [-0.4, -0.2) is 26.8 Å². The van der Waals surface area contributed by atoms with Gasteiger partial charge in [0.15, 0.2) is 5.75 Å². The second kappa shape index (κ2) is 5.59. The average molecular weight is 247 g/mol. The highest BCUT2D eigenvalue weighted by molar-refractivity contribution is 5.20. The minimum absolute atomic E-state index is 0.312. The Morgan fingerprint density at radius 3 is 2.67 bits per heavy atom. The third kappa shape index (κ3) is 3.04. The molecule has 0 aliphatic rings. The molecule has 0 aliphatic carbocycles. The van der Waals surface area contributed by atoms with E-state index < -0.39 is 0 Å². The minimum atomic E-state index is 0.312. The third-order valence-electron chi connectivity index (χ3n) is 2.37. The molecule has 0 fully saturated rings. The molecule has 0 spiro atoms. The van der Waals surface area contributed by atoms with E-state index in [0.29, 0.717) is 24.2 Å². The Bertz CT molecular complexity index is 491. The molecule has 6 heteroatoms. The fraction of sp³-hybridized carbons (Fsp3) is 0.417. The van der Waals surface area contributed by atoms with Gasteiger partial charge in [-0.1, -0.05) is 0 Å². The highest BCUT2D eigenvalue weighted by Crippen LogP contribution is 2.18. The van der Waals surface area contributed by atoms with Crippen molar-refractivity contribution in [2.24, 2.45) is 0 Å². The van der Waals surface area contributed by atoms with E-state index in [9.17, 15) is 0 Å². The summed E-state index contributed by atoms with van der Waals surface area (Å²) >= 11 is 0. The Hall–Kier alpha value is -1.95. The van der Waals surface area contributed by atoms with Gasteiger partial charge in [0, 0.05) is 12.6 Å². The van der Waals surface area contributed by atoms with Crippen LogP contribution < -0.4 is 10.1 Å². The first-order valence-electron chi connectivity index (χ1n) is 5.86. The highest BCUT2D eigenvalue weighted by Gasteiger charge is 2.05. The fourth-order valence-electron chi connectivity index (χ4n) is 1.44. The van der Waals surface area contributed by atoms with Gasteiger partial charge in [-0.05, 0) is 20.9 Å². The van der Waals surface area contributed by atoms with E-state index in [1.165, 1.54) is 0 Å². The molecular weight excluding hydrogens is 230 g/mol. The largest absolute Gasteiger partial charge is 0.434 e. The van der Waals surface area contributed by atoms with Crippen molar-refractivity contribution >= 4 is 0 Å². The summed E-state index contributed by atoms with van der Waals surface area (Å²) in [6, 6.07) is 0.312. The van der Waals surface area contributed by atoms with Gasteiger partial charge >= 0.3 is 0 Å². The first-order chi connectivity index (χ1) is 8.69. The Morgan fingerprint density at radius 1 is 1.28 bits per heavy atom. The molecular formula is C12H17N5O. The number of ether oxygens (including phenoxy) is 1. The van der Waals surface area contributed by atoms with Crippen molar-refractivity contribution < 1.29 is 4.74 Å². The molecule has 0 amide bonds. The van der Waals surface area contributed by atoms with Crippen molar-refractivity contribution in [3.63, 3.8) is 0 Å². The summed E-state index contributed by atoms with van der Waals surface area (Å²) in [5.74, 6) is 1.14. The standard InChI is InChI=1S/C12H17N5O/c1-9(2)17-8-11(6-16-17)18-12-7-14-10(4-13-3)5-15-12/h5-9,13H,4H2,1-3H3. The number of aromatic nitrogens is 4. The van der Waals surface area contributed by atoms with Crippen molar-refractivity contribution in [1.29, 1.82) is 0 Å². The van der Waals surface area contributed by atoms with E-state index >= 15 is 0 Å². The summed E-state index contributed by atoms with van der Waals surface area (Å²) in [6.07, 6.45) is 6.81.